The van der Waals surface area contributed by atoms with E-state index in [2.05, 4.69) is 6.92 Å². The molecule has 0 aliphatic heterocycles. The van der Waals surface area contributed by atoms with E-state index in [1.807, 2.05) is 0 Å². The number of ether oxygens (including phenoxy) is 1. The van der Waals surface area contributed by atoms with Gasteiger partial charge in [0, 0.05) is 6.07 Å². The zero-order valence-electron chi connectivity index (χ0n) is 19.5. The van der Waals surface area contributed by atoms with Crippen LogP contribution in [0.25, 0.3) is 0 Å². The molecule has 172 valence electrons. The van der Waals surface area contributed by atoms with Crippen LogP contribution in [0.15, 0.2) is 47.4 Å². The van der Waals surface area contributed by atoms with Crippen molar-refractivity contribution in [3.63, 3.8) is 0 Å². The third-order valence-corrected chi connectivity index (χ3v) is 6.20. The molecule has 2 aromatic carbocycles. The van der Waals surface area contributed by atoms with Gasteiger partial charge >= 0.3 is 29.6 Å². The Kier molecular flexibility index (Phi) is 14.2. The maximum absolute atomic E-state index is 11.7. The second-order valence-corrected chi connectivity index (χ2v) is 9.57. The summed E-state index contributed by atoms with van der Waals surface area (Å²) >= 11 is 0. The van der Waals surface area contributed by atoms with Crippen LogP contribution in [-0.4, -0.2) is 13.0 Å². The third kappa shape index (κ3) is 11.7. The number of hydrogen-bond acceptors (Lipinski definition) is 4. The normalized spacial score (nSPS) is 11.2. The van der Waals surface area contributed by atoms with Crippen LogP contribution in [0.1, 0.15) is 83.1 Å². The molecule has 0 fully saturated rings. The Bertz CT molecular complexity index is 882. The average Bonchev–Trinajstić information content (AvgIpc) is 2.73. The first-order valence-electron chi connectivity index (χ1n) is 11.4. The molecule has 1 N–H and O–H groups in total. The van der Waals surface area contributed by atoms with Gasteiger partial charge in [-0.1, -0.05) is 83.3 Å². The predicted octanol–water partition coefficient (Wildman–Crippen LogP) is 3.66. The van der Waals surface area contributed by atoms with Crippen LogP contribution < -0.4 is 39.4 Å². The number of aryl methyl sites for hydroxylation is 1. The quantitative estimate of drug-likeness (QED) is 0.244. The van der Waals surface area contributed by atoms with Crippen LogP contribution >= 0.6 is 0 Å². The van der Waals surface area contributed by atoms with E-state index in [0.29, 0.717) is 11.5 Å². The van der Waals surface area contributed by atoms with Crippen molar-refractivity contribution in [2.24, 2.45) is 0 Å². The summed E-state index contributed by atoms with van der Waals surface area (Å²) in [5.74, 6) is 0.635. The topological polar surface area (TPSA) is 86.7 Å². The first-order valence-corrected chi connectivity index (χ1v) is 12.9. The van der Waals surface area contributed by atoms with E-state index in [4.69, 9.17) is 4.74 Å². The number of benzene rings is 2. The van der Waals surface area contributed by atoms with Gasteiger partial charge in [-0.2, -0.15) is 8.42 Å². The summed E-state index contributed by atoms with van der Waals surface area (Å²) < 4.78 is 38.5. The molecular weight excluding hydrogens is 435 g/mol. The maximum atomic E-state index is 11.7. The van der Waals surface area contributed by atoms with E-state index in [-0.39, 0.29) is 40.2 Å². The van der Waals surface area contributed by atoms with Crippen LogP contribution in [0.5, 0.6) is 17.2 Å². The van der Waals surface area contributed by atoms with Gasteiger partial charge in [0.2, 0.25) is 0 Å². The zero-order valence-corrected chi connectivity index (χ0v) is 22.3. The van der Waals surface area contributed by atoms with E-state index >= 15 is 0 Å². The molecule has 0 atom stereocenters. The zero-order chi connectivity index (χ0) is 22.5. The molecular formula is C25H35NaO5S. The van der Waals surface area contributed by atoms with E-state index < -0.39 is 10.1 Å². The number of hydrogen-bond donors (Lipinski definition) is 1. The minimum absolute atomic E-state index is 0. The summed E-state index contributed by atoms with van der Waals surface area (Å²) in [4.78, 5) is -0.177. The fraction of sp³-hybridized carbons (Fsp3) is 0.520. The van der Waals surface area contributed by atoms with E-state index in [9.17, 15) is 18.1 Å². The molecule has 0 aliphatic rings. The van der Waals surface area contributed by atoms with Crippen molar-refractivity contribution in [1.82, 2.24) is 0 Å². The van der Waals surface area contributed by atoms with Gasteiger partial charge in [0.25, 0.3) is 10.1 Å². The molecule has 2 rings (SSSR count). The molecule has 7 heteroatoms. The van der Waals surface area contributed by atoms with Gasteiger partial charge in [-0.25, -0.2) is 0 Å². The van der Waals surface area contributed by atoms with Gasteiger partial charge in [-0.15, -0.1) is 5.75 Å². The van der Waals surface area contributed by atoms with Gasteiger partial charge < -0.3 is 9.84 Å². The summed E-state index contributed by atoms with van der Waals surface area (Å²) in [6, 6.07) is 10.4. The molecule has 5 nitrogen and oxygen atoms in total. The summed E-state index contributed by atoms with van der Waals surface area (Å²) in [5.41, 5.74) is 0.807. The van der Waals surface area contributed by atoms with Gasteiger partial charge in [0.05, 0.1) is 4.90 Å². The molecule has 0 radical (unpaired) electrons. The summed E-state index contributed by atoms with van der Waals surface area (Å²) in [6.07, 6.45) is 14.5. The van der Waals surface area contributed by atoms with E-state index in [1.54, 1.807) is 6.07 Å². The Hall–Kier alpha value is -1.05. The van der Waals surface area contributed by atoms with Crippen LogP contribution in [0, 0.1) is 0 Å². The molecule has 0 bridgehead atoms. The second-order valence-electron chi connectivity index (χ2n) is 8.15. The van der Waals surface area contributed by atoms with E-state index in [0.717, 1.165) is 24.8 Å². The second kappa shape index (κ2) is 15.7. The minimum atomic E-state index is -4.33. The number of rotatable bonds is 15. The van der Waals surface area contributed by atoms with Crippen molar-refractivity contribution in [1.29, 1.82) is 0 Å². The predicted molar refractivity (Wildman–Crippen MR) is 122 cm³/mol. The Labute approximate surface area is 215 Å². The van der Waals surface area contributed by atoms with Crippen molar-refractivity contribution >= 4 is 10.1 Å². The number of unbranched alkanes of at least 4 members (excludes halogenated alkanes) is 10. The van der Waals surface area contributed by atoms with Crippen molar-refractivity contribution in [2.45, 2.75) is 88.9 Å². The van der Waals surface area contributed by atoms with Gasteiger partial charge in [-0.05, 0) is 42.7 Å². The molecule has 0 spiro atoms. The van der Waals surface area contributed by atoms with Crippen molar-refractivity contribution in [3.8, 4) is 17.2 Å². The van der Waals surface area contributed by atoms with Crippen LogP contribution in [-0.2, 0) is 16.5 Å². The minimum Gasteiger partial charge on any atom is -0.872 e. The molecule has 0 saturated carbocycles. The fourth-order valence-electron chi connectivity index (χ4n) is 3.62. The van der Waals surface area contributed by atoms with Gasteiger partial charge in [0.1, 0.15) is 11.5 Å². The maximum Gasteiger partial charge on any atom is 1.00 e. The van der Waals surface area contributed by atoms with E-state index in [1.165, 1.54) is 94.2 Å². The van der Waals surface area contributed by atoms with Crippen molar-refractivity contribution in [2.75, 3.05) is 0 Å². The standard InChI is InChI=1S/C25H36O5S.Na/c1-2-3-4-5-6-7-8-9-10-11-12-13-21-18-24(20-25(19-21)31(27,28)29)30-23-16-14-22(26)15-17-23;/h14-20,26H,2-13H2,1H3,(H,27,28,29);/q;+1/p-1. The molecule has 0 aliphatic carbocycles. The molecule has 0 unspecified atom stereocenters. The van der Waals surface area contributed by atoms with Crippen LogP contribution in [0.3, 0.4) is 0 Å². The monoisotopic (exact) mass is 470 g/mol. The van der Waals surface area contributed by atoms with Crippen LogP contribution in [0.2, 0.25) is 0 Å². The molecule has 32 heavy (non-hydrogen) atoms. The van der Waals surface area contributed by atoms with Gasteiger partial charge in [0.15, 0.2) is 0 Å². The van der Waals surface area contributed by atoms with Gasteiger partial charge in [-0.3, -0.25) is 4.55 Å². The first kappa shape index (κ1) is 29.0. The smallest absolute Gasteiger partial charge is 0.872 e. The molecule has 0 heterocycles. The molecule has 0 aromatic heterocycles. The Morgan fingerprint density at radius 3 is 1.84 bits per heavy atom. The average molecular weight is 471 g/mol. The molecule has 0 amide bonds. The first-order chi connectivity index (χ1) is 14.9. The van der Waals surface area contributed by atoms with Crippen molar-refractivity contribution in [3.05, 3.63) is 48.0 Å². The SMILES string of the molecule is CCCCCCCCCCCCCc1cc(Oc2ccc([O-])cc2)cc(S(=O)(=O)O)c1.[Na+]. The third-order valence-electron chi connectivity index (χ3n) is 5.37. The van der Waals surface area contributed by atoms with Crippen molar-refractivity contribution < 1.29 is 52.4 Å². The Morgan fingerprint density at radius 2 is 1.31 bits per heavy atom. The fourth-order valence-corrected chi connectivity index (χ4v) is 4.19. The summed E-state index contributed by atoms with van der Waals surface area (Å²) in [6.45, 7) is 2.24. The summed E-state index contributed by atoms with van der Waals surface area (Å²) in [7, 11) is -4.33. The Balaban J connectivity index is 0.00000512. The largest absolute Gasteiger partial charge is 1.00 e. The summed E-state index contributed by atoms with van der Waals surface area (Å²) in [5, 5.41) is 11.2. The molecule has 0 saturated heterocycles. The molecule has 2 aromatic rings. The Morgan fingerprint density at radius 1 is 0.781 bits per heavy atom. The van der Waals surface area contributed by atoms with Crippen LogP contribution in [0.4, 0.5) is 0 Å².